The first-order valence-corrected chi connectivity index (χ1v) is 8.43. The molecule has 8 nitrogen and oxygen atoms in total. The number of nitrogens with one attached hydrogen (secondary N) is 3. The summed E-state index contributed by atoms with van der Waals surface area (Å²) in [6.07, 6.45) is 7.85. The topological polar surface area (TPSA) is 94.5 Å². The van der Waals surface area contributed by atoms with Gasteiger partial charge in [0.15, 0.2) is 5.96 Å². The van der Waals surface area contributed by atoms with Crippen molar-refractivity contribution in [2.24, 2.45) is 10.4 Å². The van der Waals surface area contributed by atoms with Crippen LogP contribution in [0.4, 0.5) is 5.82 Å². The number of likely N-dealkylation sites (tertiary alicyclic amines) is 1. The van der Waals surface area contributed by atoms with Crippen molar-refractivity contribution in [3.63, 3.8) is 0 Å². The second-order valence-electron chi connectivity index (χ2n) is 6.47. The van der Waals surface area contributed by atoms with Gasteiger partial charge in [-0.2, -0.15) is 0 Å². The van der Waals surface area contributed by atoms with E-state index in [1.807, 2.05) is 0 Å². The van der Waals surface area contributed by atoms with Crippen molar-refractivity contribution >= 4 is 41.7 Å². The molecule has 0 radical (unpaired) electrons. The summed E-state index contributed by atoms with van der Waals surface area (Å²) < 4.78 is 0. The Balaban J connectivity index is 0.00000225. The van der Waals surface area contributed by atoms with Gasteiger partial charge in [0.2, 0.25) is 5.91 Å². The Kier molecular flexibility index (Phi) is 7.21. The van der Waals surface area contributed by atoms with Crippen molar-refractivity contribution in [1.29, 1.82) is 0 Å². The molecule has 0 aliphatic carbocycles. The standard InChI is InChI=1S/C16H25N7O.HI/c1-17-15(21-7-6-20-13-10-18-4-5-19-13)23-8-2-3-16(12-23)9-14(24)22-11-16;/h4-5,10H,2-3,6-9,11-12H2,1H3,(H,17,21)(H,19,20)(H,22,24);1H. The molecule has 1 aromatic heterocycles. The number of rotatable bonds is 4. The molecule has 2 aliphatic rings. The molecule has 2 aliphatic heterocycles. The Morgan fingerprint density at radius 3 is 3.00 bits per heavy atom. The third-order valence-electron chi connectivity index (χ3n) is 4.65. The number of guanidine groups is 1. The molecule has 3 rings (SSSR count). The summed E-state index contributed by atoms with van der Waals surface area (Å²) in [5.74, 6) is 1.84. The number of amides is 1. The van der Waals surface area contributed by atoms with Crippen molar-refractivity contribution in [1.82, 2.24) is 25.5 Å². The fourth-order valence-corrected chi connectivity index (χ4v) is 3.52. The van der Waals surface area contributed by atoms with Gasteiger partial charge in [0, 0.05) is 64.0 Å². The Morgan fingerprint density at radius 1 is 1.44 bits per heavy atom. The summed E-state index contributed by atoms with van der Waals surface area (Å²) in [6.45, 7) is 4.12. The molecule has 1 unspecified atom stereocenters. The van der Waals surface area contributed by atoms with E-state index in [2.05, 4.69) is 35.8 Å². The van der Waals surface area contributed by atoms with Crippen molar-refractivity contribution in [3.05, 3.63) is 18.6 Å². The average Bonchev–Trinajstić information content (AvgIpc) is 2.96. The molecule has 25 heavy (non-hydrogen) atoms. The molecule has 1 spiro atoms. The smallest absolute Gasteiger partial charge is 0.220 e. The van der Waals surface area contributed by atoms with Gasteiger partial charge in [-0.15, -0.1) is 24.0 Å². The van der Waals surface area contributed by atoms with Gasteiger partial charge >= 0.3 is 0 Å². The number of hydrogen-bond acceptors (Lipinski definition) is 5. The van der Waals surface area contributed by atoms with Gasteiger partial charge in [-0.3, -0.25) is 14.8 Å². The number of aromatic nitrogens is 2. The molecule has 0 saturated carbocycles. The molecule has 3 heterocycles. The number of aliphatic imine (C=N–C) groups is 1. The van der Waals surface area contributed by atoms with Crippen LogP contribution in [0.1, 0.15) is 19.3 Å². The molecule has 1 atom stereocenters. The molecule has 1 amide bonds. The number of hydrogen-bond donors (Lipinski definition) is 3. The lowest BCUT2D eigenvalue weighted by molar-refractivity contribution is -0.119. The van der Waals surface area contributed by atoms with Crippen LogP contribution in [0.25, 0.3) is 0 Å². The summed E-state index contributed by atoms with van der Waals surface area (Å²) in [5, 5.41) is 9.58. The summed E-state index contributed by atoms with van der Waals surface area (Å²) in [7, 11) is 1.80. The summed E-state index contributed by atoms with van der Waals surface area (Å²) in [4.78, 5) is 26.5. The fraction of sp³-hybridized carbons (Fsp3) is 0.625. The van der Waals surface area contributed by atoms with Crippen LogP contribution in [0, 0.1) is 5.41 Å². The van der Waals surface area contributed by atoms with Crippen LogP contribution in [0.5, 0.6) is 0 Å². The maximum atomic E-state index is 11.6. The number of carbonyl (C=O) groups is 1. The van der Waals surface area contributed by atoms with E-state index in [1.165, 1.54) is 0 Å². The van der Waals surface area contributed by atoms with Crippen LogP contribution in [-0.4, -0.2) is 66.5 Å². The molecule has 3 N–H and O–H groups in total. The second-order valence-corrected chi connectivity index (χ2v) is 6.47. The quantitative estimate of drug-likeness (QED) is 0.266. The molecule has 0 aromatic carbocycles. The van der Waals surface area contributed by atoms with E-state index >= 15 is 0 Å². The lowest BCUT2D eigenvalue weighted by atomic mass is 9.79. The highest BCUT2D eigenvalue weighted by Crippen LogP contribution is 2.35. The van der Waals surface area contributed by atoms with Crippen molar-refractivity contribution in [3.8, 4) is 0 Å². The van der Waals surface area contributed by atoms with Gasteiger partial charge in [-0.25, -0.2) is 4.98 Å². The van der Waals surface area contributed by atoms with Crippen LogP contribution in [0.2, 0.25) is 0 Å². The lowest BCUT2D eigenvalue weighted by Crippen LogP contribution is -2.51. The number of carbonyl (C=O) groups excluding carboxylic acids is 1. The molecule has 9 heteroatoms. The van der Waals surface area contributed by atoms with Crippen molar-refractivity contribution in [2.45, 2.75) is 19.3 Å². The second kappa shape index (κ2) is 9.16. The van der Waals surface area contributed by atoms with E-state index in [0.717, 1.165) is 57.3 Å². The van der Waals surface area contributed by atoms with Crippen LogP contribution in [0.15, 0.2) is 23.6 Å². The maximum Gasteiger partial charge on any atom is 0.220 e. The number of nitrogens with zero attached hydrogens (tertiary/aromatic N) is 4. The van der Waals surface area contributed by atoms with Gasteiger partial charge in [0.1, 0.15) is 5.82 Å². The van der Waals surface area contributed by atoms with E-state index in [0.29, 0.717) is 6.42 Å². The summed E-state index contributed by atoms with van der Waals surface area (Å²) in [6, 6.07) is 0. The van der Waals surface area contributed by atoms with E-state index < -0.39 is 0 Å². The van der Waals surface area contributed by atoms with Crippen LogP contribution < -0.4 is 16.0 Å². The molecular weight excluding hydrogens is 433 g/mol. The van der Waals surface area contributed by atoms with Gasteiger partial charge in [0.05, 0.1) is 6.20 Å². The zero-order valence-electron chi connectivity index (χ0n) is 14.5. The Bertz CT molecular complexity index is 597. The highest BCUT2D eigenvalue weighted by Gasteiger charge is 2.42. The normalized spacial score (nSPS) is 23.2. The van der Waals surface area contributed by atoms with Crippen LogP contribution >= 0.6 is 24.0 Å². The third-order valence-corrected chi connectivity index (χ3v) is 4.65. The molecular formula is C16H26IN7O. The van der Waals surface area contributed by atoms with Crippen molar-refractivity contribution < 1.29 is 4.79 Å². The maximum absolute atomic E-state index is 11.6. The highest BCUT2D eigenvalue weighted by atomic mass is 127. The SMILES string of the molecule is CN=C(NCCNc1cnccn1)N1CCCC2(CNC(=O)C2)C1.I. The lowest BCUT2D eigenvalue weighted by Gasteiger charge is -2.40. The van der Waals surface area contributed by atoms with Gasteiger partial charge in [-0.1, -0.05) is 0 Å². The molecule has 0 bridgehead atoms. The predicted molar refractivity (Wildman–Crippen MR) is 108 cm³/mol. The number of anilines is 1. The Morgan fingerprint density at radius 2 is 2.32 bits per heavy atom. The van der Waals surface area contributed by atoms with Crippen molar-refractivity contribution in [2.75, 3.05) is 45.1 Å². The van der Waals surface area contributed by atoms with Gasteiger partial charge < -0.3 is 20.9 Å². The first-order valence-electron chi connectivity index (χ1n) is 8.43. The minimum absolute atomic E-state index is 0. The molecule has 2 fully saturated rings. The van der Waals surface area contributed by atoms with Crippen LogP contribution in [-0.2, 0) is 4.79 Å². The summed E-state index contributed by atoms with van der Waals surface area (Å²) in [5.41, 5.74) is 0.0742. The Hall–Kier alpha value is -1.65. The Labute approximate surface area is 165 Å². The van der Waals surface area contributed by atoms with Gasteiger partial charge in [0.25, 0.3) is 0 Å². The van der Waals surface area contributed by atoms with Crippen LogP contribution in [0.3, 0.4) is 0 Å². The number of piperidine rings is 1. The highest BCUT2D eigenvalue weighted by molar-refractivity contribution is 14.0. The predicted octanol–water partition coefficient (Wildman–Crippen LogP) is 0.684. The monoisotopic (exact) mass is 459 g/mol. The van der Waals surface area contributed by atoms with E-state index in [-0.39, 0.29) is 35.3 Å². The first kappa shape index (κ1) is 19.7. The third kappa shape index (κ3) is 5.16. The number of halogens is 1. The first-order chi connectivity index (χ1) is 11.7. The summed E-state index contributed by atoms with van der Waals surface area (Å²) >= 11 is 0. The largest absolute Gasteiger partial charge is 0.367 e. The average molecular weight is 459 g/mol. The fourth-order valence-electron chi connectivity index (χ4n) is 3.52. The van der Waals surface area contributed by atoms with E-state index in [9.17, 15) is 4.79 Å². The molecule has 2 saturated heterocycles. The zero-order valence-corrected chi connectivity index (χ0v) is 16.8. The van der Waals surface area contributed by atoms with E-state index in [4.69, 9.17) is 0 Å². The zero-order chi connectivity index (χ0) is 16.8. The molecule has 138 valence electrons. The van der Waals surface area contributed by atoms with Gasteiger partial charge in [-0.05, 0) is 12.8 Å². The minimum Gasteiger partial charge on any atom is -0.367 e. The van der Waals surface area contributed by atoms with E-state index in [1.54, 1.807) is 25.6 Å². The molecule has 1 aromatic rings. The minimum atomic E-state index is 0.